The van der Waals surface area contributed by atoms with Crippen LogP contribution >= 0.6 is 11.3 Å². The van der Waals surface area contributed by atoms with Crippen LogP contribution in [0.2, 0.25) is 0 Å². The first-order valence-electron chi connectivity index (χ1n) is 2.65. The second-order valence-electron chi connectivity index (χ2n) is 1.72. The van der Waals surface area contributed by atoms with E-state index in [0.717, 1.165) is 0 Å². The van der Waals surface area contributed by atoms with Crippen LogP contribution in [-0.2, 0) is 0 Å². The summed E-state index contributed by atoms with van der Waals surface area (Å²) in [6.45, 7) is 0. The van der Waals surface area contributed by atoms with Crippen LogP contribution in [0, 0.1) is 0 Å². The lowest BCUT2D eigenvalue weighted by Crippen LogP contribution is -2.07. The molecule has 0 N–H and O–H groups in total. The monoisotopic (exact) mass is 153 g/mol. The maximum absolute atomic E-state index is 10.6. The summed E-state index contributed by atoms with van der Waals surface area (Å²) >= 11 is 1.39. The van der Waals surface area contributed by atoms with E-state index in [9.17, 15) is 4.79 Å². The summed E-state index contributed by atoms with van der Waals surface area (Å²) in [4.78, 5) is 14.9. The van der Waals surface area contributed by atoms with Gasteiger partial charge in [-0.15, -0.1) is 11.3 Å². The van der Waals surface area contributed by atoms with E-state index in [1.54, 1.807) is 10.7 Å². The molecule has 5 heteroatoms. The van der Waals surface area contributed by atoms with Crippen LogP contribution in [0.1, 0.15) is 0 Å². The van der Waals surface area contributed by atoms with Gasteiger partial charge in [-0.25, -0.2) is 4.52 Å². The number of thiazole rings is 1. The van der Waals surface area contributed by atoms with Crippen LogP contribution in [0.15, 0.2) is 22.6 Å². The highest BCUT2D eigenvalue weighted by Crippen LogP contribution is 2.02. The van der Waals surface area contributed by atoms with Crippen LogP contribution in [0.3, 0.4) is 0 Å². The molecule has 2 aromatic rings. The van der Waals surface area contributed by atoms with Gasteiger partial charge < -0.3 is 0 Å². The van der Waals surface area contributed by atoms with E-state index in [1.807, 2.05) is 5.38 Å². The van der Waals surface area contributed by atoms with Crippen LogP contribution in [0.4, 0.5) is 0 Å². The lowest BCUT2D eigenvalue weighted by molar-refractivity contribution is 0.899. The molecule has 2 rings (SSSR count). The van der Waals surface area contributed by atoms with Crippen molar-refractivity contribution in [2.24, 2.45) is 0 Å². The topological polar surface area (TPSA) is 47.3 Å². The van der Waals surface area contributed by atoms with Crippen molar-refractivity contribution in [1.29, 1.82) is 0 Å². The highest BCUT2D eigenvalue weighted by atomic mass is 32.1. The Morgan fingerprint density at radius 1 is 1.60 bits per heavy atom. The van der Waals surface area contributed by atoms with Gasteiger partial charge in [-0.05, 0) is 0 Å². The van der Waals surface area contributed by atoms with E-state index in [0.29, 0.717) is 4.96 Å². The van der Waals surface area contributed by atoms with Crippen molar-refractivity contribution >= 4 is 16.3 Å². The zero-order valence-electron chi connectivity index (χ0n) is 4.89. The Labute approximate surface area is 59.8 Å². The Balaban J connectivity index is 2.99. The Kier molecular flexibility index (Phi) is 1.04. The summed E-state index contributed by atoms with van der Waals surface area (Å²) in [6, 6.07) is 0. The second kappa shape index (κ2) is 1.88. The average molecular weight is 153 g/mol. The predicted octanol–water partition coefficient (Wildman–Crippen LogP) is 0.151. The summed E-state index contributed by atoms with van der Waals surface area (Å²) in [5.41, 5.74) is -0.289. The summed E-state index contributed by atoms with van der Waals surface area (Å²) in [5.74, 6) is 0. The molecular formula is C5H3N3OS. The van der Waals surface area contributed by atoms with Crippen molar-refractivity contribution in [2.75, 3.05) is 0 Å². The number of rotatable bonds is 0. The van der Waals surface area contributed by atoms with E-state index in [1.165, 1.54) is 17.5 Å². The minimum atomic E-state index is -0.289. The van der Waals surface area contributed by atoms with Gasteiger partial charge in [-0.3, -0.25) is 4.79 Å². The minimum absolute atomic E-state index is 0.289. The van der Waals surface area contributed by atoms with Gasteiger partial charge in [0.1, 0.15) is 6.20 Å². The molecule has 0 spiro atoms. The average Bonchev–Trinajstić information content (AvgIpc) is 2.33. The van der Waals surface area contributed by atoms with E-state index in [2.05, 4.69) is 10.1 Å². The van der Waals surface area contributed by atoms with Gasteiger partial charge >= 0.3 is 0 Å². The molecule has 10 heavy (non-hydrogen) atoms. The van der Waals surface area contributed by atoms with Gasteiger partial charge in [0.05, 0.1) is 0 Å². The standard InChI is InChI=1S/C5H3N3OS/c9-4-3-6-8-1-2-10-5(8)7-4/h1-3H. The van der Waals surface area contributed by atoms with Crippen molar-refractivity contribution < 1.29 is 0 Å². The molecule has 0 fully saturated rings. The van der Waals surface area contributed by atoms with Gasteiger partial charge in [0.2, 0.25) is 4.96 Å². The third kappa shape index (κ3) is 0.714. The molecule has 0 aliphatic heterocycles. The molecule has 0 saturated heterocycles. The van der Waals surface area contributed by atoms with Crippen molar-refractivity contribution in [3.8, 4) is 0 Å². The number of hydrogen-bond donors (Lipinski definition) is 0. The van der Waals surface area contributed by atoms with Crippen molar-refractivity contribution in [3.63, 3.8) is 0 Å². The van der Waals surface area contributed by atoms with Crippen LogP contribution in [0.25, 0.3) is 4.96 Å². The molecule has 2 aromatic heterocycles. The van der Waals surface area contributed by atoms with Gasteiger partial charge in [0, 0.05) is 11.6 Å². The van der Waals surface area contributed by atoms with Crippen molar-refractivity contribution in [2.45, 2.75) is 0 Å². The van der Waals surface area contributed by atoms with Crippen LogP contribution in [0.5, 0.6) is 0 Å². The molecular weight excluding hydrogens is 150 g/mol. The molecule has 50 valence electrons. The number of hydrogen-bond acceptors (Lipinski definition) is 4. The minimum Gasteiger partial charge on any atom is -0.266 e. The molecule has 0 aliphatic carbocycles. The van der Waals surface area contributed by atoms with Gasteiger partial charge in [0.25, 0.3) is 5.56 Å². The second-order valence-corrected chi connectivity index (χ2v) is 2.60. The highest BCUT2D eigenvalue weighted by Gasteiger charge is 1.93. The third-order valence-electron chi connectivity index (χ3n) is 1.07. The molecule has 0 radical (unpaired) electrons. The fourth-order valence-electron chi connectivity index (χ4n) is 0.667. The molecule has 0 atom stereocenters. The van der Waals surface area contributed by atoms with E-state index in [-0.39, 0.29) is 5.56 Å². The van der Waals surface area contributed by atoms with Crippen molar-refractivity contribution in [1.82, 2.24) is 14.6 Å². The Hall–Kier alpha value is -1.23. The molecule has 0 bridgehead atoms. The number of nitrogens with zero attached hydrogens (tertiary/aromatic N) is 3. The molecule has 0 amide bonds. The molecule has 0 aromatic carbocycles. The first-order chi connectivity index (χ1) is 4.86. The molecule has 0 saturated carbocycles. The Morgan fingerprint density at radius 3 is 3.40 bits per heavy atom. The normalized spacial score (nSPS) is 10.4. The van der Waals surface area contributed by atoms with E-state index in [4.69, 9.17) is 0 Å². The molecule has 2 heterocycles. The molecule has 0 unspecified atom stereocenters. The smallest absolute Gasteiger partial charge is 0.266 e. The van der Waals surface area contributed by atoms with Gasteiger partial charge in [0.15, 0.2) is 0 Å². The zero-order chi connectivity index (χ0) is 6.97. The highest BCUT2D eigenvalue weighted by molar-refractivity contribution is 7.15. The SMILES string of the molecule is O=c1cnn2ccsc2n1. The zero-order valence-corrected chi connectivity index (χ0v) is 5.71. The largest absolute Gasteiger partial charge is 0.292 e. The molecule has 4 nitrogen and oxygen atoms in total. The van der Waals surface area contributed by atoms with E-state index >= 15 is 0 Å². The number of fused-ring (bicyclic) bond motifs is 1. The van der Waals surface area contributed by atoms with E-state index < -0.39 is 0 Å². The van der Waals surface area contributed by atoms with Gasteiger partial charge in [-0.1, -0.05) is 0 Å². The summed E-state index contributed by atoms with van der Waals surface area (Å²) in [6.07, 6.45) is 2.95. The lowest BCUT2D eigenvalue weighted by atomic mass is 10.8. The fraction of sp³-hybridized carbons (Fsp3) is 0. The molecule has 0 aliphatic rings. The fourth-order valence-corrected chi connectivity index (χ4v) is 1.32. The van der Waals surface area contributed by atoms with Gasteiger partial charge in [-0.2, -0.15) is 10.1 Å². The lowest BCUT2D eigenvalue weighted by Gasteiger charge is -1.84. The van der Waals surface area contributed by atoms with Crippen molar-refractivity contribution in [3.05, 3.63) is 28.1 Å². The maximum atomic E-state index is 10.6. The predicted molar refractivity (Wildman–Crippen MR) is 37.1 cm³/mol. The summed E-state index contributed by atoms with van der Waals surface area (Å²) in [5, 5.41) is 5.62. The Bertz CT molecular complexity index is 404. The summed E-state index contributed by atoms with van der Waals surface area (Å²) in [7, 11) is 0. The third-order valence-corrected chi connectivity index (χ3v) is 1.82. The first kappa shape index (κ1) is 5.55. The maximum Gasteiger partial charge on any atom is 0.292 e. The van der Waals surface area contributed by atoms with Crippen LogP contribution in [-0.4, -0.2) is 14.6 Å². The quantitative estimate of drug-likeness (QED) is 0.541. The van der Waals surface area contributed by atoms with Crippen LogP contribution < -0.4 is 5.56 Å². The number of aromatic nitrogens is 3. The Morgan fingerprint density at radius 2 is 2.50 bits per heavy atom. The first-order valence-corrected chi connectivity index (χ1v) is 3.53. The summed E-state index contributed by atoms with van der Waals surface area (Å²) < 4.78 is 1.56.